The first kappa shape index (κ1) is 12.0. The molecule has 0 heterocycles. The van der Waals surface area contributed by atoms with E-state index in [1.165, 1.54) is 12.1 Å². The first-order chi connectivity index (χ1) is 7.49. The minimum Gasteiger partial charge on any atom is -0.493 e. The van der Waals surface area contributed by atoms with Crippen LogP contribution >= 0.6 is 0 Å². The predicted octanol–water partition coefficient (Wildman–Crippen LogP) is 1.19. The quantitative estimate of drug-likeness (QED) is 0.802. The van der Waals surface area contributed by atoms with Crippen LogP contribution in [-0.2, 0) is 0 Å². The number of hydrogen-bond acceptors (Lipinski definition) is 3. The fourth-order valence-electron chi connectivity index (χ4n) is 1.46. The van der Waals surface area contributed by atoms with Crippen molar-refractivity contribution < 1.29 is 19.4 Å². The Morgan fingerprint density at radius 2 is 1.94 bits per heavy atom. The summed E-state index contributed by atoms with van der Waals surface area (Å²) in [4.78, 5) is 22.0. The summed E-state index contributed by atoms with van der Waals surface area (Å²) in [7, 11) is 0. The average Bonchev–Trinajstić information content (AvgIpc) is 2.20. The Balaban J connectivity index is 3.41. The first-order valence-corrected chi connectivity index (χ1v) is 4.78. The molecular formula is C11H13NO4. The van der Waals surface area contributed by atoms with E-state index in [1.54, 1.807) is 13.8 Å². The third kappa shape index (κ3) is 2.13. The molecular weight excluding hydrogens is 210 g/mol. The topological polar surface area (TPSA) is 89.6 Å². The summed E-state index contributed by atoms with van der Waals surface area (Å²) >= 11 is 0. The molecule has 0 atom stereocenters. The molecule has 0 spiro atoms. The van der Waals surface area contributed by atoms with Gasteiger partial charge in [-0.3, -0.25) is 4.79 Å². The molecule has 16 heavy (non-hydrogen) atoms. The van der Waals surface area contributed by atoms with Crippen LogP contribution in [-0.4, -0.2) is 23.6 Å². The standard InChI is InChI=1S/C11H13NO4/c1-3-16-9-6(2)7(10(12)13)4-5-8(9)11(14)15/h4-5H,3H2,1-2H3,(H2,12,13)(H,14,15). The van der Waals surface area contributed by atoms with E-state index in [2.05, 4.69) is 0 Å². The van der Waals surface area contributed by atoms with E-state index in [0.717, 1.165) is 0 Å². The van der Waals surface area contributed by atoms with Crippen LogP contribution in [0.15, 0.2) is 12.1 Å². The van der Waals surface area contributed by atoms with E-state index in [9.17, 15) is 9.59 Å². The fourth-order valence-corrected chi connectivity index (χ4v) is 1.46. The highest BCUT2D eigenvalue weighted by Gasteiger charge is 2.18. The third-order valence-corrected chi connectivity index (χ3v) is 2.19. The van der Waals surface area contributed by atoms with Crippen molar-refractivity contribution in [3.05, 3.63) is 28.8 Å². The van der Waals surface area contributed by atoms with Crippen LogP contribution in [0.5, 0.6) is 5.75 Å². The van der Waals surface area contributed by atoms with Crippen LogP contribution in [0.25, 0.3) is 0 Å². The first-order valence-electron chi connectivity index (χ1n) is 4.78. The van der Waals surface area contributed by atoms with Crippen LogP contribution < -0.4 is 10.5 Å². The van der Waals surface area contributed by atoms with Crippen molar-refractivity contribution in [2.24, 2.45) is 5.73 Å². The molecule has 0 aliphatic carbocycles. The van der Waals surface area contributed by atoms with Gasteiger partial charge in [0.1, 0.15) is 11.3 Å². The lowest BCUT2D eigenvalue weighted by molar-refractivity contribution is 0.0691. The minimum absolute atomic E-state index is 0.0318. The maximum atomic E-state index is 11.1. The van der Waals surface area contributed by atoms with E-state index in [0.29, 0.717) is 12.2 Å². The minimum atomic E-state index is -1.09. The van der Waals surface area contributed by atoms with Crippen LogP contribution in [0.1, 0.15) is 33.2 Å². The van der Waals surface area contributed by atoms with Crippen LogP contribution in [0, 0.1) is 6.92 Å². The summed E-state index contributed by atoms with van der Waals surface area (Å²) < 4.78 is 5.23. The number of carbonyl (C=O) groups is 2. The molecule has 0 fully saturated rings. The van der Waals surface area contributed by atoms with E-state index in [-0.39, 0.29) is 16.9 Å². The smallest absolute Gasteiger partial charge is 0.339 e. The molecule has 0 aliphatic rings. The van der Waals surface area contributed by atoms with E-state index in [1.807, 2.05) is 0 Å². The van der Waals surface area contributed by atoms with Gasteiger partial charge in [-0.15, -0.1) is 0 Å². The van der Waals surface area contributed by atoms with Gasteiger partial charge in [0.2, 0.25) is 5.91 Å². The Kier molecular flexibility index (Phi) is 3.50. The lowest BCUT2D eigenvalue weighted by Crippen LogP contribution is -2.15. The monoisotopic (exact) mass is 223 g/mol. The summed E-state index contributed by atoms with van der Waals surface area (Å²) in [5.41, 5.74) is 5.92. The lowest BCUT2D eigenvalue weighted by Gasteiger charge is -2.12. The fraction of sp³-hybridized carbons (Fsp3) is 0.273. The van der Waals surface area contributed by atoms with Gasteiger partial charge in [0.25, 0.3) is 0 Å². The largest absolute Gasteiger partial charge is 0.493 e. The number of ether oxygens (including phenoxy) is 1. The second-order valence-electron chi connectivity index (χ2n) is 3.22. The molecule has 5 heteroatoms. The Morgan fingerprint density at radius 3 is 2.38 bits per heavy atom. The molecule has 3 N–H and O–H groups in total. The van der Waals surface area contributed by atoms with Crippen molar-refractivity contribution in [1.29, 1.82) is 0 Å². The number of carbonyl (C=O) groups excluding carboxylic acids is 1. The Bertz CT molecular complexity index is 440. The van der Waals surface area contributed by atoms with Crippen molar-refractivity contribution >= 4 is 11.9 Å². The number of hydrogen-bond donors (Lipinski definition) is 2. The zero-order valence-corrected chi connectivity index (χ0v) is 9.11. The number of carboxylic acid groups (broad SMARTS) is 1. The summed E-state index contributed by atoms with van der Waals surface area (Å²) in [6, 6.07) is 2.71. The Labute approximate surface area is 92.8 Å². The molecule has 0 saturated heterocycles. The molecule has 86 valence electrons. The van der Waals surface area contributed by atoms with Crippen molar-refractivity contribution in [2.75, 3.05) is 6.61 Å². The number of rotatable bonds is 4. The van der Waals surface area contributed by atoms with E-state index >= 15 is 0 Å². The second kappa shape index (κ2) is 4.65. The van der Waals surface area contributed by atoms with Gasteiger partial charge in [-0.25, -0.2) is 4.79 Å². The van der Waals surface area contributed by atoms with Gasteiger partial charge >= 0.3 is 5.97 Å². The summed E-state index contributed by atoms with van der Waals surface area (Å²) in [5.74, 6) is -1.50. The molecule has 1 aromatic carbocycles. The predicted molar refractivity (Wildman–Crippen MR) is 57.8 cm³/mol. The van der Waals surface area contributed by atoms with Gasteiger partial charge in [-0.05, 0) is 26.0 Å². The zero-order chi connectivity index (χ0) is 12.3. The number of carboxylic acids is 1. The van der Waals surface area contributed by atoms with E-state index < -0.39 is 11.9 Å². The average molecular weight is 223 g/mol. The molecule has 1 aromatic rings. The molecule has 5 nitrogen and oxygen atoms in total. The van der Waals surface area contributed by atoms with Crippen LogP contribution in [0.2, 0.25) is 0 Å². The lowest BCUT2D eigenvalue weighted by atomic mass is 10.0. The maximum absolute atomic E-state index is 11.1. The number of aromatic carboxylic acids is 1. The summed E-state index contributed by atoms with van der Waals surface area (Å²) in [6.07, 6.45) is 0. The number of primary amides is 1. The highest BCUT2D eigenvalue weighted by molar-refractivity contribution is 5.98. The van der Waals surface area contributed by atoms with Gasteiger partial charge in [0.05, 0.1) is 6.61 Å². The SMILES string of the molecule is CCOc1c(C(=O)O)ccc(C(N)=O)c1C. The Morgan fingerprint density at radius 1 is 1.38 bits per heavy atom. The summed E-state index contributed by atoms with van der Waals surface area (Å²) in [6.45, 7) is 3.67. The molecule has 0 aliphatic heterocycles. The second-order valence-corrected chi connectivity index (χ2v) is 3.22. The Hall–Kier alpha value is -2.04. The van der Waals surface area contributed by atoms with Gasteiger partial charge in [-0.1, -0.05) is 0 Å². The molecule has 1 rings (SSSR count). The molecule has 0 radical (unpaired) electrons. The third-order valence-electron chi connectivity index (χ3n) is 2.19. The van der Waals surface area contributed by atoms with Crippen molar-refractivity contribution in [2.45, 2.75) is 13.8 Å². The normalized spacial score (nSPS) is 9.88. The molecule has 0 bridgehead atoms. The highest BCUT2D eigenvalue weighted by Crippen LogP contribution is 2.26. The molecule has 1 amide bonds. The van der Waals surface area contributed by atoms with Crippen molar-refractivity contribution in [1.82, 2.24) is 0 Å². The number of amides is 1. The van der Waals surface area contributed by atoms with Crippen molar-refractivity contribution in [3.8, 4) is 5.75 Å². The highest BCUT2D eigenvalue weighted by atomic mass is 16.5. The van der Waals surface area contributed by atoms with Gasteiger partial charge in [0.15, 0.2) is 0 Å². The molecule has 0 aromatic heterocycles. The summed E-state index contributed by atoms with van der Waals surface area (Å²) in [5, 5.41) is 8.95. The van der Waals surface area contributed by atoms with Gasteiger partial charge < -0.3 is 15.6 Å². The van der Waals surface area contributed by atoms with Gasteiger partial charge in [0, 0.05) is 11.1 Å². The zero-order valence-electron chi connectivity index (χ0n) is 9.11. The van der Waals surface area contributed by atoms with Crippen molar-refractivity contribution in [3.63, 3.8) is 0 Å². The number of nitrogens with two attached hydrogens (primary N) is 1. The number of benzene rings is 1. The molecule has 0 saturated carbocycles. The molecule has 0 unspecified atom stereocenters. The van der Waals surface area contributed by atoms with Crippen LogP contribution in [0.3, 0.4) is 0 Å². The van der Waals surface area contributed by atoms with Crippen LogP contribution in [0.4, 0.5) is 0 Å². The maximum Gasteiger partial charge on any atom is 0.339 e. The van der Waals surface area contributed by atoms with Gasteiger partial charge in [-0.2, -0.15) is 0 Å². The van der Waals surface area contributed by atoms with E-state index in [4.69, 9.17) is 15.6 Å².